The number of halogens is 1. The van der Waals surface area contributed by atoms with Crippen LogP contribution in [0.1, 0.15) is 29.9 Å². The fraction of sp³-hybridized carbons (Fsp3) is 0.486. The molecule has 8 nitrogen and oxygen atoms in total. The van der Waals surface area contributed by atoms with E-state index in [0.29, 0.717) is 13.2 Å². The molecular formula is C35H44FN3O5. The van der Waals surface area contributed by atoms with Crippen LogP contribution in [0.4, 0.5) is 15.8 Å². The second-order valence-corrected chi connectivity index (χ2v) is 11.8. The Morgan fingerprint density at radius 1 is 0.977 bits per heavy atom. The van der Waals surface area contributed by atoms with Gasteiger partial charge in [0.05, 0.1) is 37.6 Å². The van der Waals surface area contributed by atoms with Crippen LogP contribution >= 0.6 is 0 Å². The molecule has 0 bridgehead atoms. The smallest absolute Gasteiger partial charge is 0.142 e. The molecule has 6 rings (SSSR count). The predicted octanol–water partition coefficient (Wildman–Crippen LogP) is 5.01. The molecule has 0 aromatic heterocycles. The van der Waals surface area contributed by atoms with Gasteiger partial charge in [-0.25, -0.2) is 4.39 Å². The maximum absolute atomic E-state index is 13.7. The van der Waals surface area contributed by atoms with Gasteiger partial charge in [-0.3, -0.25) is 0 Å². The molecule has 3 aromatic rings. The lowest BCUT2D eigenvalue weighted by Crippen LogP contribution is -2.50. The van der Waals surface area contributed by atoms with Gasteiger partial charge < -0.3 is 38.8 Å². The quantitative estimate of drug-likeness (QED) is 0.290. The molecule has 2 saturated heterocycles. The average molecular weight is 606 g/mol. The van der Waals surface area contributed by atoms with E-state index in [0.717, 1.165) is 87.2 Å². The van der Waals surface area contributed by atoms with E-state index >= 15 is 0 Å². The number of hydrogen-bond acceptors (Lipinski definition) is 8. The molecule has 3 aromatic carbocycles. The summed E-state index contributed by atoms with van der Waals surface area (Å²) in [4.78, 5) is 4.55. The van der Waals surface area contributed by atoms with Crippen LogP contribution in [0.3, 0.4) is 0 Å². The highest BCUT2D eigenvalue weighted by atomic mass is 19.1. The molecule has 9 heteroatoms. The Balaban J connectivity index is 1.09. The van der Waals surface area contributed by atoms with Gasteiger partial charge in [0.2, 0.25) is 0 Å². The topological polar surface area (TPSA) is 64.7 Å². The first kappa shape index (κ1) is 30.6. The number of nitrogens with zero attached hydrogens (tertiary/aromatic N) is 2. The lowest BCUT2D eigenvalue weighted by Gasteiger charge is -2.38. The normalized spacial score (nSPS) is 23.3. The van der Waals surface area contributed by atoms with Gasteiger partial charge in [-0.15, -0.1) is 0 Å². The third kappa shape index (κ3) is 7.29. The number of hydrogen-bond donors (Lipinski definition) is 1. The maximum Gasteiger partial charge on any atom is 0.142 e. The SMILES string of the molecule is COCCCN1CCOc2ccc(CO[C@H]3CNC[C@@H](OC)[C@@H]3c3ccc(O[C@H]4CCN(c5cccc(F)c5)C4)cc3)cc21. The van der Waals surface area contributed by atoms with E-state index in [4.69, 9.17) is 23.7 Å². The summed E-state index contributed by atoms with van der Waals surface area (Å²) in [6, 6.07) is 21.5. The molecule has 3 aliphatic heterocycles. The van der Waals surface area contributed by atoms with Gasteiger partial charge in [0.15, 0.2) is 0 Å². The minimum Gasteiger partial charge on any atom is -0.490 e. The van der Waals surface area contributed by atoms with Gasteiger partial charge in [0.25, 0.3) is 0 Å². The molecule has 0 aliphatic carbocycles. The summed E-state index contributed by atoms with van der Waals surface area (Å²) in [5.74, 6) is 1.63. The number of nitrogens with one attached hydrogen (secondary N) is 1. The van der Waals surface area contributed by atoms with Gasteiger partial charge in [0.1, 0.15) is 30.0 Å². The highest BCUT2D eigenvalue weighted by molar-refractivity contribution is 5.61. The van der Waals surface area contributed by atoms with Gasteiger partial charge in [0, 0.05) is 65.0 Å². The molecule has 3 aliphatic rings. The van der Waals surface area contributed by atoms with Crippen LogP contribution in [0.2, 0.25) is 0 Å². The highest BCUT2D eigenvalue weighted by Crippen LogP contribution is 2.35. The van der Waals surface area contributed by atoms with Crippen molar-refractivity contribution < 1.29 is 28.1 Å². The number of ether oxygens (including phenoxy) is 5. The van der Waals surface area contributed by atoms with Crippen molar-refractivity contribution in [3.05, 3.63) is 83.7 Å². The molecule has 0 saturated carbocycles. The van der Waals surface area contributed by atoms with Crippen molar-refractivity contribution in [2.24, 2.45) is 0 Å². The lowest BCUT2D eigenvalue weighted by atomic mass is 9.85. The first-order valence-corrected chi connectivity index (χ1v) is 15.7. The lowest BCUT2D eigenvalue weighted by molar-refractivity contribution is -0.0463. The van der Waals surface area contributed by atoms with Crippen molar-refractivity contribution in [3.8, 4) is 11.5 Å². The van der Waals surface area contributed by atoms with Gasteiger partial charge >= 0.3 is 0 Å². The summed E-state index contributed by atoms with van der Waals surface area (Å²) in [6.45, 7) is 6.85. The zero-order valence-corrected chi connectivity index (χ0v) is 25.8. The Bertz CT molecular complexity index is 1360. The first-order valence-electron chi connectivity index (χ1n) is 15.7. The van der Waals surface area contributed by atoms with Crippen LogP contribution in [0.15, 0.2) is 66.7 Å². The third-order valence-corrected chi connectivity index (χ3v) is 8.90. The summed E-state index contributed by atoms with van der Waals surface area (Å²) >= 11 is 0. The zero-order chi connectivity index (χ0) is 30.3. The van der Waals surface area contributed by atoms with Gasteiger partial charge in [-0.2, -0.15) is 0 Å². The molecular weight excluding hydrogens is 561 g/mol. The fourth-order valence-corrected chi connectivity index (χ4v) is 6.62. The summed E-state index contributed by atoms with van der Waals surface area (Å²) in [7, 11) is 3.51. The summed E-state index contributed by atoms with van der Waals surface area (Å²) in [5.41, 5.74) is 4.32. The molecule has 2 fully saturated rings. The number of methoxy groups -OCH3 is 2. The predicted molar refractivity (Wildman–Crippen MR) is 170 cm³/mol. The first-order chi connectivity index (χ1) is 21.6. The van der Waals surface area contributed by atoms with Crippen LogP contribution in [0.5, 0.6) is 11.5 Å². The Hall–Kier alpha value is -3.37. The number of piperidine rings is 1. The minimum absolute atomic E-state index is 0.0108. The van der Waals surface area contributed by atoms with E-state index in [1.54, 1.807) is 26.4 Å². The molecule has 0 spiro atoms. The summed E-state index contributed by atoms with van der Waals surface area (Å²) < 4.78 is 43.8. The Morgan fingerprint density at radius 3 is 2.66 bits per heavy atom. The second-order valence-electron chi connectivity index (χ2n) is 11.8. The van der Waals surface area contributed by atoms with Crippen molar-refractivity contribution in [2.75, 3.05) is 76.5 Å². The molecule has 0 unspecified atom stereocenters. The second kappa shape index (κ2) is 14.6. The van der Waals surface area contributed by atoms with E-state index in [9.17, 15) is 4.39 Å². The highest BCUT2D eigenvalue weighted by Gasteiger charge is 2.36. The van der Waals surface area contributed by atoms with E-state index in [-0.39, 0.29) is 30.0 Å². The van der Waals surface area contributed by atoms with Crippen LogP contribution in [0, 0.1) is 5.82 Å². The van der Waals surface area contributed by atoms with Crippen molar-refractivity contribution in [1.82, 2.24) is 5.32 Å². The van der Waals surface area contributed by atoms with Crippen LogP contribution < -0.4 is 24.6 Å². The average Bonchev–Trinajstić information content (AvgIpc) is 3.53. The fourth-order valence-electron chi connectivity index (χ4n) is 6.62. The van der Waals surface area contributed by atoms with Crippen molar-refractivity contribution in [2.45, 2.75) is 43.7 Å². The molecule has 236 valence electrons. The van der Waals surface area contributed by atoms with E-state index in [1.807, 2.05) is 18.2 Å². The zero-order valence-electron chi connectivity index (χ0n) is 25.8. The number of anilines is 2. The molecule has 0 radical (unpaired) electrons. The van der Waals surface area contributed by atoms with Crippen LogP contribution in [-0.4, -0.2) is 85.0 Å². The minimum atomic E-state index is -0.213. The van der Waals surface area contributed by atoms with E-state index in [2.05, 4.69) is 45.4 Å². The Kier molecular flexibility index (Phi) is 10.2. The van der Waals surface area contributed by atoms with Crippen molar-refractivity contribution in [3.63, 3.8) is 0 Å². The number of fused-ring (bicyclic) bond motifs is 1. The summed E-state index contributed by atoms with van der Waals surface area (Å²) in [6.07, 6.45) is 1.86. The molecule has 44 heavy (non-hydrogen) atoms. The maximum atomic E-state index is 13.7. The largest absolute Gasteiger partial charge is 0.490 e. The van der Waals surface area contributed by atoms with Crippen molar-refractivity contribution in [1.29, 1.82) is 0 Å². The van der Waals surface area contributed by atoms with Crippen molar-refractivity contribution >= 4 is 11.4 Å². The standard InChI is InChI=1S/C35H44FN3O5/c1-40-17-4-14-38-16-18-42-32-12-7-25(19-31(32)38)24-43-34-22-37-21-33(41-2)35(34)26-8-10-29(11-9-26)44-30-13-15-39(23-30)28-6-3-5-27(36)20-28/h3,5-12,19-20,30,33-35,37H,4,13-18,21-24H2,1-2H3/t30-,33+,34-,35-/m0/s1. The van der Waals surface area contributed by atoms with Crippen LogP contribution in [0.25, 0.3) is 0 Å². The van der Waals surface area contributed by atoms with E-state index in [1.165, 1.54) is 11.6 Å². The molecule has 0 amide bonds. The molecule has 1 N–H and O–H groups in total. The van der Waals surface area contributed by atoms with E-state index < -0.39 is 0 Å². The number of rotatable bonds is 12. The molecule has 4 atom stereocenters. The van der Waals surface area contributed by atoms with Gasteiger partial charge in [-0.1, -0.05) is 24.3 Å². The summed E-state index contributed by atoms with van der Waals surface area (Å²) in [5, 5.41) is 3.50. The third-order valence-electron chi connectivity index (χ3n) is 8.90. The van der Waals surface area contributed by atoms with Crippen LogP contribution in [-0.2, 0) is 20.8 Å². The number of benzene rings is 3. The Labute approximate surface area is 260 Å². The Morgan fingerprint density at radius 2 is 1.84 bits per heavy atom. The molecule has 3 heterocycles. The van der Waals surface area contributed by atoms with Gasteiger partial charge in [-0.05, 0) is 60.0 Å². The monoisotopic (exact) mass is 605 g/mol.